The molecule has 0 unspecified atom stereocenters. The average molecular weight is 104 g/mol. The Hall–Kier alpha value is -0.240. The van der Waals surface area contributed by atoms with Crippen LogP contribution in [0.3, 0.4) is 0 Å². The van der Waals surface area contributed by atoms with E-state index in [4.69, 9.17) is 11.6 Å². The van der Waals surface area contributed by atoms with Crippen LogP contribution in [0.4, 0.5) is 0 Å². The van der Waals surface area contributed by atoms with Gasteiger partial charge in [0.1, 0.15) is 0 Å². The molecule has 1 heterocycles. The van der Waals surface area contributed by atoms with Crippen molar-refractivity contribution < 1.29 is 0 Å². The lowest BCUT2D eigenvalue weighted by atomic mass is 10.7. The minimum atomic E-state index is 0.495. The molecular weight excluding hydrogens is 99.5 g/mol. The predicted molar refractivity (Wildman–Crippen MR) is 25.6 cm³/mol. The van der Waals surface area contributed by atoms with Gasteiger partial charge in [0, 0.05) is 0 Å². The lowest BCUT2D eigenvalue weighted by Crippen LogP contribution is -2.06. The van der Waals surface area contributed by atoms with Crippen molar-refractivity contribution in [3.05, 3.63) is 6.54 Å². The highest BCUT2D eigenvalue weighted by Gasteiger charge is 1.97. The van der Waals surface area contributed by atoms with Gasteiger partial charge in [-0.05, 0) is 11.6 Å². The Morgan fingerprint density at radius 2 is 2.83 bits per heavy atom. The second-order valence-corrected chi connectivity index (χ2v) is 1.34. The molecule has 0 spiro atoms. The molecule has 33 valence electrons. The number of nitrogens with zero attached hydrogens (tertiary/aromatic N) is 1. The lowest BCUT2D eigenvalue weighted by Gasteiger charge is -1.81. The van der Waals surface area contributed by atoms with E-state index in [1.165, 1.54) is 0 Å². The Balaban J connectivity index is 2.45. The van der Waals surface area contributed by atoms with E-state index in [0.717, 1.165) is 0 Å². The van der Waals surface area contributed by atoms with Crippen LogP contribution < -0.4 is 5.32 Å². The highest BCUT2D eigenvalue weighted by Crippen LogP contribution is 1.90. The van der Waals surface area contributed by atoms with Crippen LogP contribution in [0, 0.1) is 6.54 Å². The fourth-order valence-electron chi connectivity index (χ4n) is 0.301. The van der Waals surface area contributed by atoms with E-state index in [9.17, 15) is 0 Å². The summed E-state index contributed by atoms with van der Waals surface area (Å²) in [6.07, 6.45) is 0. The summed E-state index contributed by atoms with van der Waals surface area (Å²) in [7, 11) is 0. The fourth-order valence-corrected chi connectivity index (χ4v) is 0.447. The third-order valence-electron chi connectivity index (χ3n) is 0.543. The molecule has 3 heteroatoms. The summed E-state index contributed by atoms with van der Waals surface area (Å²) in [6, 6.07) is 0. The highest BCUT2D eigenvalue weighted by molar-refractivity contribution is 6.65. The third-order valence-corrected chi connectivity index (χ3v) is 0.771. The molecule has 0 aromatic carbocycles. The van der Waals surface area contributed by atoms with Crippen LogP contribution in [0.1, 0.15) is 0 Å². The molecule has 0 fully saturated rings. The van der Waals surface area contributed by atoms with E-state index in [1.807, 2.05) is 0 Å². The number of halogens is 1. The summed E-state index contributed by atoms with van der Waals surface area (Å²) in [5.74, 6) is 0. The molecule has 1 rings (SSSR count). The van der Waals surface area contributed by atoms with E-state index in [0.29, 0.717) is 11.8 Å². The molecule has 0 atom stereocenters. The van der Waals surface area contributed by atoms with Crippen molar-refractivity contribution in [2.45, 2.75) is 0 Å². The lowest BCUT2D eigenvalue weighted by molar-refractivity contribution is 1.11. The average Bonchev–Trinajstić information content (AvgIpc) is 1.86. The van der Waals surface area contributed by atoms with Crippen LogP contribution in [0.2, 0.25) is 0 Å². The second-order valence-electron chi connectivity index (χ2n) is 0.980. The molecule has 0 aliphatic carbocycles. The molecular formula is C3H4ClN2. The van der Waals surface area contributed by atoms with Crippen molar-refractivity contribution in [2.75, 3.05) is 6.54 Å². The molecule has 0 bridgehead atoms. The van der Waals surface area contributed by atoms with E-state index in [2.05, 4.69) is 10.3 Å². The van der Waals surface area contributed by atoms with Gasteiger partial charge in [-0.25, -0.2) is 0 Å². The molecule has 2 nitrogen and oxygen atoms in total. The van der Waals surface area contributed by atoms with Gasteiger partial charge in [0.05, 0.1) is 13.1 Å². The Kier molecular flexibility index (Phi) is 0.965. The smallest absolute Gasteiger partial charge is 0.191 e. The monoisotopic (exact) mass is 103 g/mol. The van der Waals surface area contributed by atoms with Crippen LogP contribution in [0.15, 0.2) is 4.99 Å². The van der Waals surface area contributed by atoms with Crippen LogP contribution >= 0.6 is 11.6 Å². The zero-order valence-electron chi connectivity index (χ0n) is 3.11. The Morgan fingerprint density at radius 1 is 2.00 bits per heavy atom. The molecule has 0 amide bonds. The van der Waals surface area contributed by atoms with Crippen molar-refractivity contribution in [3.63, 3.8) is 0 Å². The summed E-state index contributed by atoms with van der Waals surface area (Å²) < 4.78 is 0. The number of amidine groups is 1. The first-order valence-corrected chi connectivity index (χ1v) is 2.05. The Bertz CT molecular complexity index is 78.9. The van der Waals surface area contributed by atoms with Crippen LogP contribution in [-0.2, 0) is 0 Å². The zero-order chi connectivity index (χ0) is 4.41. The zero-order valence-corrected chi connectivity index (χ0v) is 3.87. The van der Waals surface area contributed by atoms with Gasteiger partial charge in [-0.1, -0.05) is 0 Å². The standard InChI is InChI=1S/C3H4ClN2/c4-3-5-1-2-6-3/h1H,2H2,(H,5,6). The van der Waals surface area contributed by atoms with Gasteiger partial charge in [0.2, 0.25) is 0 Å². The molecule has 0 aromatic rings. The molecule has 1 radical (unpaired) electrons. The maximum absolute atomic E-state index is 5.32. The third kappa shape index (κ3) is 0.627. The summed E-state index contributed by atoms with van der Waals surface area (Å²) in [5.41, 5.74) is 0. The summed E-state index contributed by atoms with van der Waals surface area (Å²) >= 11 is 5.32. The molecule has 1 N–H and O–H groups in total. The Morgan fingerprint density at radius 3 is 3.00 bits per heavy atom. The summed E-state index contributed by atoms with van der Waals surface area (Å²) in [4.78, 5) is 3.75. The van der Waals surface area contributed by atoms with Gasteiger partial charge in [-0.3, -0.25) is 4.99 Å². The molecule has 6 heavy (non-hydrogen) atoms. The number of aliphatic imine (C=N–C) groups is 1. The van der Waals surface area contributed by atoms with Gasteiger partial charge in [-0.15, -0.1) is 0 Å². The first-order valence-electron chi connectivity index (χ1n) is 1.68. The first kappa shape index (κ1) is 3.93. The largest absolute Gasteiger partial charge is 0.354 e. The van der Waals surface area contributed by atoms with Gasteiger partial charge < -0.3 is 5.32 Å². The first-order chi connectivity index (χ1) is 2.89. The second kappa shape index (κ2) is 1.47. The minimum Gasteiger partial charge on any atom is -0.354 e. The minimum absolute atomic E-state index is 0.495. The quantitative estimate of drug-likeness (QED) is 0.440. The Labute approximate surface area is 41.2 Å². The molecule has 1 aliphatic rings. The van der Waals surface area contributed by atoms with Crippen molar-refractivity contribution in [2.24, 2.45) is 4.99 Å². The fraction of sp³-hybridized carbons (Fsp3) is 0.333. The predicted octanol–water partition coefficient (Wildman–Crippen LogP) is 0.346. The summed E-state index contributed by atoms with van der Waals surface area (Å²) in [6.45, 7) is 2.50. The van der Waals surface area contributed by atoms with E-state index < -0.39 is 0 Å². The van der Waals surface area contributed by atoms with E-state index >= 15 is 0 Å². The molecule has 1 aliphatic heterocycles. The van der Waals surface area contributed by atoms with Gasteiger partial charge in [0.25, 0.3) is 0 Å². The van der Waals surface area contributed by atoms with Crippen molar-refractivity contribution >= 4 is 16.9 Å². The van der Waals surface area contributed by atoms with Crippen LogP contribution in [0.5, 0.6) is 0 Å². The molecule has 0 saturated carbocycles. The topological polar surface area (TPSA) is 24.4 Å². The molecule has 0 saturated heterocycles. The maximum atomic E-state index is 5.32. The molecule has 0 aromatic heterocycles. The van der Waals surface area contributed by atoms with E-state index in [-0.39, 0.29) is 0 Å². The van der Waals surface area contributed by atoms with Gasteiger partial charge in [0.15, 0.2) is 5.29 Å². The van der Waals surface area contributed by atoms with Crippen molar-refractivity contribution in [1.29, 1.82) is 0 Å². The van der Waals surface area contributed by atoms with Crippen molar-refractivity contribution in [1.82, 2.24) is 5.32 Å². The van der Waals surface area contributed by atoms with Crippen molar-refractivity contribution in [3.8, 4) is 0 Å². The van der Waals surface area contributed by atoms with E-state index in [1.54, 1.807) is 6.54 Å². The SMILES string of the molecule is ClC1=NC[CH]N1. The number of rotatable bonds is 0. The van der Waals surface area contributed by atoms with Gasteiger partial charge >= 0.3 is 0 Å². The van der Waals surface area contributed by atoms with Gasteiger partial charge in [-0.2, -0.15) is 0 Å². The number of nitrogens with one attached hydrogen (secondary N) is 1. The maximum Gasteiger partial charge on any atom is 0.191 e. The highest BCUT2D eigenvalue weighted by atomic mass is 35.5. The number of hydrogen-bond acceptors (Lipinski definition) is 2. The summed E-state index contributed by atoms with van der Waals surface area (Å²) in [5, 5.41) is 3.21. The number of hydrogen-bond donors (Lipinski definition) is 1. The normalized spacial score (nSPS) is 19.8. The van der Waals surface area contributed by atoms with Crippen LogP contribution in [0.25, 0.3) is 0 Å². The van der Waals surface area contributed by atoms with Crippen LogP contribution in [-0.4, -0.2) is 11.8 Å².